The molecule has 0 aromatic heterocycles. The van der Waals surface area contributed by atoms with Crippen LogP contribution in [-0.2, 0) is 23.5 Å². The zero-order valence-corrected chi connectivity index (χ0v) is 20.8. The predicted octanol–water partition coefficient (Wildman–Crippen LogP) is 6.23. The Balaban J connectivity index is 0.00000480. The van der Waals surface area contributed by atoms with Gasteiger partial charge in [0, 0.05) is 0 Å². The number of benzene rings is 2. The number of rotatable bonds is 11. The molecule has 4 heteroatoms. The summed E-state index contributed by atoms with van der Waals surface area (Å²) >= 11 is 0. The third kappa shape index (κ3) is 6.31. The maximum Gasteiger partial charge on any atom is 0.390 e. The molecule has 0 amide bonds. The molecule has 2 rings (SSSR count). The monoisotopic (exact) mass is 429 g/mol. The Labute approximate surface area is 190 Å². The lowest BCUT2D eigenvalue weighted by Crippen LogP contribution is -2.62. The molecular formula is C27H43NO3. The van der Waals surface area contributed by atoms with Gasteiger partial charge in [-0.2, -0.15) is 0 Å². The van der Waals surface area contributed by atoms with Gasteiger partial charge in [0.05, 0.1) is 32.8 Å². The minimum absolute atomic E-state index is 0. The average Bonchev–Trinajstić information content (AvgIpc) is 2.69. The van der Waals surface area contributed by atoms with Crippen molar-refractivity contribution in [2.75, 3.05) is 27.2 Å². The summed E-state index contributed by atoms with van der Waals surface area (Å²) < 4.78 is 14.0. The Hall–Kier alpha value is -1.88. The molecule has 0 aliphatic carbocycles. The largest absolute Gasteiger partial charge is 0.870 e. The summed E-state index contributed by atoms with van der Waals surface area (Å²) in [7, 11) is 4.40. The highest BCUT2D eigenvalue weighted by molar-refractivity contribution is 5.39. The van der Waals surface area contributed by atoms with Crippen LogP contribution >= 0.6 is 0 Å². The molecule has 0 fully saturated rings. The number of ether oxygens (including phenoxy) is 2. The molecule has 0 saturated carbocycles. The van der Waals surface area contributed by atoms with Gasteiger partial charge in [0.15, 0.2) is 0 Å². The normalized spacial score (nSPS) is 13.7. The first kappa shape index (κ1) is 27.2. The topological polar surface area (TPSA) is 48.5 Å². The fourth-order valence-electron chi connectivity index (χ4n) is 4.05. The van der Waals surface area contributed by atoms with E-state index in [-0.39, 0.29) is 5.48 Å². The van der Waals surface area contributed by atoms with E-state index < -0.39 is 5.91 Å². The van der Waals surface area contributed by atoms with Gasteiger partial charge in [0.2, 0.25) is 0 Å². The van der Waals surface area contributed by atoms with Gasteiger partial charge < -0.3 is 10.2 Å². The molecule has 1 N–H and O–H groups in total. The smallest absolute Gasteiger partial charge is 0.390 e. The highest BCUT2D eigenvalue weighted by atomic mass is 16.7. The van der Waals surface area contributed by atoms with Crippen molar-refractivity contribution >= 4 is 0 Å². The third-order valence-corrected chi connectivity index (χ3v) is 5.78. The maximum atomic E-state index is 6.82. The number of nitrogens with zero attached hydrogens (tertiary/aromatic N) is 1. The van der Waals surface area contributed by atoms with E-state index in [1.54, 1.807) is 0 Å². The standard InChI is InChI=1S/C27H42NO2.H2O/c1-9-28(7,8)27(29-10-2,30-24-16-12-11-13-17-24)26-18-14-15-23(19-21(3)4)25(26)20-22(5)6;/h11-18,21-22H,9-10,19-20H2,1-8H3;1H2/q+1;/p-1. The Bertz CT molecular complexity index is 786. The zero-order valence-electron chi connectivity index (χ0n) is 20.8. The second-order valence-corrected chi connectivity index (χ2v) is 9.57. The number of hydrogen-bond acceptors (Lipinski definition) is 3. The second kappa shape index (κ2) is 11.7. The van der Waals surface area contributed by atoms with Crippen molar-refractivity contribution in [3.05, 3.63) is 65.2 Å². The summed E-state index contributed by atoms with van der Waals surface area (Å²) in [5.41, 5.74) is 3.95. The molecule has 0 radical (unpaired) electrons. The minimum Gasteiger partial charge on any atom is -0.870 e. The highest BCUT2D eigenvalue weighted by Crippen LogP contribution is 2.40. The summed E-state index contributed by atoms with van der Waals surface area (Å²) in [6.07, 6.45) is 2.07. The molecule has 1 unspecified atom stereocenters. The number of quaternary nitrogens is 1. The lowest BCUT2D eigenvalue weighted by atomic mass is 9.87. The van der Waals surface area contributed by atoms with E-state index >= 15 is 0 Å². The third-order valence-electron chi connectivity index (χ3n) is 5.78. The van der Waals surface area contributed by atoms with Crippen LogP contribution in [0.5, 0.6) is 5.75 Å². The van der Waals surface area contributed by atoms with Gasteiger partial charge in [-0.3, -0.25) is 9.22 Å². The first-order valence-corrected chi connectivity index (χ1v) is 11.5. The van der Waals surface area contributed by atoms with Crippen molar-refractivity contribution < 1.29 is 19.4 Å². The van der Waals surface area contributed by atoms with Crippen LogP contribution < -0.4 is 4.74 Å². The van der Waals surface area contributed by atoms with Crippen LogP contribution in [0.3, 0.4) is 0 Å². The lowest BCUT2D eigenvalue weighted by molar-refractivity contribution is -1.000. The van der Waals surface area contributed by atoms with E-state index in [2.05, 4.69) is 73.8 Å². The summed E-state index contributed by atoms with van der Waals surface area (Å²) in [5.74, 6) is 1.05. The van der Waals surface area contributed by atoms with Gasteiger partial charge >= 0.3 is 5.91 Å². The molecule has 1 atom stereocenters. The second-order valence-electron chi connectivity index (χ2n) is 9.57. The molecule has 4 nitrogen and oxygen atoms in total. The van der Waals surface area contributed by atoms with E-state index in [4.69, 9.17) is 9.47 Å². The summed E-state index contributed by atoms with van der Waals surface area (Å²) in [5, 5.41) is 0. The molecule has 0 spiro atoms. The van der Waals surface area contributed by atoms with Gasteiger partial charge in [-0.1, -0.05) is 58.0 Å². The van der Waals surface area contributed by atoms with Gasteiger partial charge in [-0.15, -0.1) is 0 Å². The SMILES string of the molecule is CCOC(Oc1ccccc1)(c1cccc(CC(C)C)c1CC(C)C)[N+](C)(C)CC.[OH-]. The molecule has 2 aromatic carbocycles. The van der Waals surface area contributed by atoms with E-state index in [1.165, 1.54) is 11.1 Å². The van der Waals surface area contributed by atoms with Crippen molar-refractivity contribution in [1.29, 1.82) is 0 Å². The Kier molecular flexibility index (Phi) is 10.2. The Morgan fingerprint density at radius 1 is 0.839 bits per heavy atom. The summed E-state index contributed by atoms with van der Waals surface area (Å²) in [6, 6.07) is 16.8. The van der Waals surface area contributed by atoms with Crippen LogP contribution in [0.4, 0.5) is 0 Å². The van der Waals surface area contributed by atoms with Crippen LogP contribution in [0.2, 0.25) is 0 Å². The molecule has 31 heavy (non-hydrogen) atoms. The lowest BCUT2D eigenvalue weighted by Gasteiger charge is -2.47. The van der Waals surface area contributed by atoms with E-state index in [0.29, 0.717) is 22.9 Å². The molecule has 0 heterocycles. The molecule has 0 aliphatic rings. The predicted molar refractivity (Wildman–Crippen MR) is 128 cm³/mol. The molecule has 2 aromatic rings. The van der Waals surface area contributed by atoms with Gasteiger partial charge in [-0.25, -0.2) is 0 Å². The van der Waals surface area contributed by atoms with Gasteiger partial charge in [0.25, 0.3) is 0 Å². The van der Waals surface area contributed by atoms with Crippen molar-refractivity contribution in [3.8, 4) is 5.75 Å². The van der Waals surface area contributed by atoms with Crippen molar-refractivity contribution in [3.63, 3.8) is 0 Å². The molecular weight excluding hydrogens is 386 g/mol. The Morgan fingerprint density at radius 3 is 1.97 bits per heavy atom. The summed E-state index contributed by atoms with van der Waals surface area (Å²) in [4.78, 5) is 0. The van der Waals surface area contributed by atoms with Gasteiger partial charge in [-0.05, 0) is 67.9 Å². The van der Waals surface area contributed by atoms with Crippen LogP contribution in [0.1, 0.15) is 58.2 Å². The van der Waals surface area contributed by atoms with Crippen LogP contribution in [0.15, 0.2) is 48.5 Å². The first-order chi connectivity index (χ1) is 14.2. The van der Waals surface area contributed by atoms with E-state index in [0.717, 1.165) is 30.7 Å². The molecule has 0 saturated heterocycles. The maximum absolute atomic E-state index is 6.82. The van der Waals surface area contributed by atoms with Gasteiger partial charge in [0.1, 0.15) is 5.75 Å². The number of hydrogen-bond donors (Lipinski definition) is 0. The molecule has 0 aliphatic heterocycles. The van der Waals surface area contributed by atoms with Crippen molar-refractivity contribution in [2.45, 2.75) is 60.3 Å². The van der Waals surface area contributed by atoms with Crippen molar-refractivity contribution in [1.82, 2.24) is 0 Å². The quantitative estimate of drug-likeness (QED) is 0.314. The van der Waals surface area contributed by atoms with E-state index in [9.17, 15) is 0 Å². The van der Waals surface area contributed by atoms with Crippen LogP contribution in [-0.4, -0.2) is 37.2 Å². The van der Waals surface area contributed by atoms with Crippen LogP contribution in [0.25, 0.3) is 0 Å². The molecule has 174 valence electrons. The first-order valence-electron chi connectivity index (χ1n) is 11.5. The summed E-state index contributed by atoms with van der Waals surface area (Å²) in [6.45, 7) is 14.8. The number of para-hydroxylation sites is 1. The fraction of sp³-hybridized carbons (Fsp3) is 0.556. The highest BCUT2D eigenvalue weighted by Gasteiger charge is 2.52. The molecule has 0 bridgehead atoms. The van der Waals surface area contributed by atoms with E-state index in [1.807, 2.05) is 30.3 Å². The Morgan fingerprint density at radius 2 is 1.45 bits per heavy atom. The van der Waals surface area contributed by atoms with Crippen LogP contribution in [0, 0.1) is 11.8 Å². The average molecular weight is 430 g/mol. The minimum atomic E-state index is -0.915. The van der Waals surface area contributed by atoms with Crippen molar-refractivity contribution in [2.24, 2.45) is 11.8 Å². The zero-order chi connectivity index (χ0) is 22.4. The fourth-order valence-corrected chi connectivity index (χ4v) is 4.05.